The Labute approximate surface area is 268 Å². The Balaban J connectivity index is 2.63. The summed E-state index contributed by atoms with van der Waals surface area (Å²) >= 11 is 0. The fourth-order valence-electron chi connectivity index (χ4n) is 3.54. The summed E-state index contributed by atoms with van der Waals surface area (Å²) in [6.07, 6.45) is 6.14. The highest BCUT2D eigenvalue weighted by Crippen LogP contribution is 2.16. The summed E-state index contributed by atoms with van der Waals surface area (Å²) < 4.78 is 48.5. The van der Waals surface area contributed by atoms with Gasteiger partial charge >= 0.3 is 17.9 Å². The highest BCUT2D eigenvalue weighted by Gasteiger charge is 2.22. The van der Waals surface area contributed by atoms with Gasteiger partial charge in [-0.3, -0.25) is 0 Å². The van der Waals surface area contributed by atoms with Crippen LogP contribution in [0.25, 0.3) is 0 Å². The van der Waals surface area contributed by atoms with E-state index in [1.165, 1.54) is 18.2 Å². The molecule has 0 N–H and O–H groups in total. The molecule has 0 fully saturated rings. The molecule has 0 radical (unpaired) electrons. The van der Waals surface area contributed by atoms with E-state index in [0.717, 1.165) is 38.5 Å². The Morgan fingerprint density at radius 3 is 1.16 bits per heavy atom. The third-order valence-electron chi connectivity index (χ3n) is 6.12. The van der Waals surface area contributed by atoms with Crippen molar-refractivity contribution in [1.82, 2.24) is 0 Å². The third-order valence-corrected chi connectivity index (χ3v) is 6.12. The molecule has 1 aromatic rings. The second-order valence-corrected chi connectivity index (χ2v) is 9.90. The van der Waals surface area contributed by atoms with E-state index in [0.29, 0.717) is 59.5 Å². The van der Waals surface area contributed by atoms with Gasteiger partial charge in [-0.2, -0.15) is 0 Å². The predicted octanol–water partition coefficient (Wildman–Crippen LogP) is 4.66. The number of rotatable bonds is 30. The zero-order valence-electron chi connectivity index (χ0n) is 27.5. The average molecular weight is 643 g/mol. The minimum atomic E-state index is -0.800. The number of ether oxygens (including phenoxy) is 9. The van der Waals surface area contributed by atoms with Gasteiger partial charge in [0.1, 0.15) is 19.8 Å². The summed E-state index contributed by atoms with van der Waals surface area (Å²) in [4.78, 5) is 38.5. The van der Waals surface area contributed by atoms with Gasteiger partial charge in [0.05, 0.1) is 76.2 Å². The smallest absolute Gasteiger partial charge is 0.339 e. The van der Waals surface area contributed by atoms with Crippen molar-refractivity contribution in [3.63, 3.8) is 0 Å². The predicted molar refractivity (Wildman–Crippen MR) is 167 cm³/mol. The van der Waals surface area contributed by atoms with Gasteiger partial charge in [-0.05, 0) is 37.5 Å². The summed E-state index contributed by atoms with van der Waals surface area (Å²) in [5.41, 5.74) is -0.0903. The third kappa shape index (κ3) is 20.9. The summed E-state index contributed by atoms with van der Waals surface area (Å²) in [6, 6.07) is 3.99. The molecule has 1 rings (SSSR count). The lowest BCUT2D eigenvalue weighted by Gasteiger charge is -2.12. The Morgan fingerprint density at radius 1 is 0.422 bits per heavy atom. The van der Waals surface area contributed by atoms with Gasteiger partial charge in [-0.1, -0.05) is 40.0 Å². The molecule has 0 heterocycles. The fraction of sp³-hybridized carbons (Fsp3) is 0.727. The van der Waals surface area contributed by atoms with E-state index in [9.17, 15) is 14.4 Å². The van der Waals surface area contributed by atoms with E-state index >= 15 is 0 Å². The fourth-order valence-corrected chi connectivity index (χ4v) is 3.54. The molecule has 0 aliphatic heterocycles. The van der Waals surface area contributed by atoms with Gasteiger partial charge in [-0.15, -0.1) is 0 Å². The number of unbranched alkanes of at least 4 members (excludes halogenated alkanes) is 3. The molecule has 0 spiro atoms. The SMILES string of the molecule is CCCCOCCOCCOC(=O)c1ccc(C(=O)OCCOCCOCCCC)c(C(=O)OCCOCCOCCCC)c1. The highest BCUT2D eigenvalue weighted by atomic mass is 16.6. The molecule has 1 aromatic carbocycles. The maximum Gasteiger partial charge on any atom is 0.339 e. The Kier molecular flexibility index (Phi) is 25.9. The van der Waals surface area contributed by atoms with Crippen LogP contribution in [0.5, 0.6) is 0 Å². The molecule has 0 unspecified atom stereocenters. The largest absolute Gasteiger partial charge is 0.460 e. The number of hydrogen-bond acceptors (Lipinski definition) is 12. The number of carbonyl (C=O) groups is 3. The lowest BCUT2D eigenvalue weighted by molar-refractivity contribution is 0.0119. The summed E-state index contributed by atoms with van der Waals surface area (Å²) in [7, 11) is 0. The molecule has 0 aromatic heterocycles. The number of hydrogen-bond donors (Lipinski definition) is 0. The van der Waals surface area contributed by atoms with Crippen molar-refractivity contribution in [1.29, 1.82) is 0 Å². The van der Waals surface area contributed by atoms with Crippen molar-refractivity contribution in [3.8, 4) is 0 Å². The molecular weight excluding hydrogens is 588 g/mol. The minimum Gasteiger partial charge on any atom is -0.460 e. The summed E-state index contributed by atoms with van der Waals surface area (Å²) in [5.74, 6) is -2.22. The molecule has 12 heteroatoms. The van der Waals surface area contributed by atoms with Crippen LogP contribution in [-0.2, 0) is 42.6 Å². The van der Waals surface area contributed by atoms with Gasteiger partial charge in [0.15, 0.2) is 0 Å². The zero-order chi connectivity index (χ0) is 32.8. The van der Waals surface area contributed by atoms with Crippen LogP contribution in [-0.4, -0.2) is 117 Å². The van der Waals surface area contributed by atoms with E-state index in [1.807, 2.05) is 0 Å². The average Bonchev–Trinajstić information content (AvgIpc) is 3.05. The first-order valence-corrected chi connectivity index (χ1v) is 16.2. The molecular formula is C33H54O12. The summed E-state index contributed by atoms with van der Waals surface area (Å²) in [5, 5.41) is 0. The van der Waals surface area contributed by atoms with Crippen molar-refractivity contribution in [2.24, 2.45) is 0 Å². The van der Waals surface area contributed by atoms with Crippen molar-refractivity contribution in [3.05, 3.63) is 34.9 Å². The Hall–Kier alpha value is -2.61. The molecule has 0 aliphatic rings. The topological polar surface area (TPSA) is 134 Å². The van der Waals surface area contributed by atoms with Crippen LogP contribution < -0.4 is 0 Å². The maximum absolute atomic E-state index is 13.0. The molecule has 45 heavy (non-hydrogen) atoms. The molecule has 0 bridgehead atoms. The van der Waals surface area contributed by atoms with E-state index in [2.05, 4.69) is 20.8 Å². The first-order chi connectivity index (χ1) is 22.0. The van der Waals surface area contributed by atoms with E-state index in [1.54, 1.807) is 0 Å². The zero-order valence-corrected chi connectivity index (χ0v) is 27.5. The van der Waals surface area contributed by atoms with Gasteiger partial charge in [0, 0.05) is 19.8 Å². The molecule has 0 aliphatic carbocycles. The number of carbonyl (C=O) groups excluding carboxylic acids is 3. The maximum atomic E-state index is 13.0. The monoisotopic (exact) mass is 642 g/mol. The quantitative estimate of drug-likeness (QED) is 0.0656. The Bertz CT molecular complexity index is 908. The van der Waals surface area contributed by atoms with Gasteiger partial charge < -0.3 is 42.6 Å². The van der Waals surface area contributed by atoms with Crippen LogP contribution in [0.1, 0.15) is 90.4 Å². The first-order valence-electron chi connectivity index (χ1n) is 16.2. The standard InChI is InChI=1S/C33H54O12/c1-4-7-12-37-15-18-40-21-24-43-31(34)28-10-11-29(32(35)44-25-22-41-19-16-38-13-8-5-2)30(27-28)33(36)45-26-23-42-20-17-39-14-9-6-3/h10-11,27H,4-9,12-26H2,1-3H3. The second-order valence-electron chi connectivity index (χ2n) is 9.90. The van der Waals surface area contributed by atoms with Crippen LogP contribution >= 0.6 is 0 Å². The number of esters is 3. The lowest BCUT2D eigenvalue weighted by atomic mass is 10.0. The minimum absolute atomic E-state index is 0.0144. The van der Waals surface area contributed by atoms with Crippen LogP contribution in [0.15, 0.2) is 18.2 Å². The highest BCUT2D eigenvalue weighted by molar-refractivity contribution is 6.05. The number of benzene rings is 1. The normalized spacial score (nSPS) is 11.0. The summed E-state index contributed by atoms with van der Waals surface area (Å²) in [6.45, 7) is 11.2. The van der Waals surface area contributed by atoms with Crippen molar-refractivity contribution >= 4 is 17.9 Å². The molecule has 12 nitrogen and oxygen atoms in total. The molecule has 0 saturated carbocycles. The van der Waals surface area contributed by atoms with Gasteiger partial charge in [0.25, 0.3) is 0 Å². The Morgan fingerprint density at radius 2 is 0.756 bits per heavy atom. The van der Waals surface area contributed by atoms with Crippen LogP contribution in [0.2, 0.25) is 0 Å². The van der Waals surface area contributed by atoms with E-state index < -0.39 is 17.9 Å². The van der Waals surface area contributed by atoms with Crippen molar-refractivity contribution in [2.45, 2.75) is 59.3 Å². The molecule has 258 valence electrons. The molecule has 0 saturated heterocycles. The molecule has 0 atom stereocenters. The van der Waals surface area contributed by atoms with Crippen molar-refractivity contribution < 1.29 is 57.0 Å². The van der Waals surface area contributed by atoms with E-state index in [4.69, 9.17) is 42.6 Å². The molecule has 0 amide bonds. The second kappa shape index (κ2) is 28.8. The van der Waals surface area contributed by atoms with Crippen LogP contribution in [0.3, 0.4) is 0 Å². The van der Waals surface area contributed by atoms with Gasteiger partial charge in [-0.25, -0.2) is 14.4 Å². The van der Waals surface area contributed by atoms with Crippen LogP contribution in [0.4, 0.5) is 0 Å². The lowest BCUT2D eigenvalue weighted by Crippen LogP contribution is -2.19. The first kappa shape index (κ1) is 40.4. The van der Waals surface area contributed by atoms with E-state index in [-0.39, 0.29) is 56.3 Å². The van der Waals surface area contributed by atoms with Crippen LogP contribution in [0, 0.1) is 0 Å². The van der Waals surface area contributed by atoms with Gasteiger partial charge in [0.2, 0.25) is 0 Å². The van der Waals surface area contributed by atoms with Crippen molar-refractivity contribution in [2.75, 3.05) is 99.1 Å².